The number of carbonyl (C=O) groups excluding carboxylic acids is 1. The molecule has 1 rings (SSSR count). The van der Waals surface area contributed by atoms with E-state index in [1.54, 1.807) is 19.0 Å². The average molecular weight is 311 g/mol. The monoisotopic (exact) mass is 311 g/mol. The van der Waals surface area contributed by atoms with Gasteiger partial charge in [0.25, 0.3) is 0 Å². The first kappa shape index (κ1) is 17.6. The topological polar surface area (TPSA) is 61.4 Å². The Balaban J connectivity index is 2.98. The van der Waals surface area contributed by atoms with Crippen LogP contribution in [-0.4, -0.2) is 60.8 Å². The van der Waals surface area contributed by atoms with E-state index in [4.69, 9.17) is 0 Å². The molecule has 0 saturated carbocycles. The summed E-state index contributed by atoms with van der Waals surface area (Å²) in [6.45, 7) is 6.04. The minimum atomic E-state index is 0.0595. The molecule has 0 atom stereocenters. The standard InChI is InChI=1S/C14H25N5OS/c1-6-8-15-11-9-12(17-14(16-11)21-5)19(7-2)10-13(20)18(3)4/h9H,6-8,10H2,1-5H3,(H,15,16,17). The van der Waals surface area contributed by atoms with E-state index in [0.29, 0.717) is 11.7 Å². The smallest absolute Gasteiger partial charge is 0.241 e. The molecule has 1 aromatic rings. The van der Waals surface area contributed by atoms with Crippen molar-refractivity contribution in [3.63, 3.8) is 0 Å². The number of nitrogens with one attached hydrogen (secondary N) is 1. The lowest BCUT2D eigenvalue weighted by Gasteiger charge is -2.24. The van der Waals surface area contributed by atoms with Gasteiger partial charge in [-0.25, -0.2) is 9.97 Å². The molecule has 7 heteroatoms. The van der Waals surface area contributed by atoms with Crippen molar-refractivity contribution in [1.29, 1.82) is 0 Å². The number of likely N-dealkylation sites (N-methyl/N-ethyl adjacent to an activating group) is 2. The molecule has 0 fully saturated rings. The third-order valence-electron chi connectivity index (χ3n) is 2.96. The lowest BCUT2D eigenvalue weighted by Crippen LogP contribution is -2.37. The number of rotatable bonds is 8. The van der Waals surface area contributed by atoms with Gasteiger partial charge in [-0.15, -0.1) is 0 Å². The highest BCUT2D eigenvalue weighted by atomic mass is 32.2. The second kappa shape index (κ2) is 8.71. The minimum absolute atomic E-state index is 0.0595. The highest BCUT2D eigenvalue weighted by Crippen LogP contribution is 2.20. The number of carbonyl (C=O) groups is 1. The van der Waals surface area contributed by atoms with E-state index in [-0.39, 0.29) is 5.91 Å². The predicted octanol–water partition coefficient (Wildman–Crippen LogP) is 1.93. The zero-order valence-electron chi connectivity index (χ0n) is 13.5. The van der Waals surface area contributed by atoms with Crippen molar-refractivity contribution in [1.82, 2.24) is 14.9 Å². The van der Waals surface area contributed by atoms with Gasteiger partial charge in [-0.1, -0.05) is 18.7 Å². The molecule has 1 heterocycles. The Hall–Kier alpha value is -1.50. The predicted molar refractivity (Wildman–Crippen MR) is 89.2 cm³/mol. The maximum absolute atomic E-state index is 11.9. The molecule has 0 aliphatic carbocycles. The van der Waals surface area contributed by atoms with E-state index in [1.807, 2.05) is 24.1 Å². The van der Waals surface area contributed by atoms with E-state index in [2.05, 4.69) is 22.2 Å². The Morgan fingerprint density at radius 3 is 2.57 bits per heavy atom. The molecule has 0 aliphatic heterocycles. The second-order valence-corrected chi connectivity index (χ2v) is 5.60. The SMILES string of the molecule is CCCNc1cc(N(CC)CC(=O)N(C)C)nc(SC)n1. The van der Waals surface area contributed by atoms with E-state index in [9.17, 15) is 4.79 Å². The molecule has 0 saturated heterocycles. The molecular weight excluding hydrogens is 286 g/mol. The molecule has 0 aliphatic rings. The molecular formula is C14H25N5OS. The molecule has 1 aromatic heterocycles. The zero-order chi connectivity index (χ0) is 15.8. The number of hydrogen-bond donors (Lipinski definition) is 1. The third kappa shape index (κ3) is 5.41. The lowest BCUT2D eigenvalue weighted by molar-refractivity contribution is -0.127. The van der Waals surface area contributed by atoms with E-state index in [1.165, 1.54) is 11.8 Å². The first-order chi connectivity index (χ1) is 10.0. The van der Waals surface area contributed by atoms with Gasteiger partial charge in [0.05, 0.1) is 6.54 Å². The van der Waals surface area contributed by atoms with Crippen molar-refractivity contribution in [3.8, 4) is 0 Å². The van der Waals surface area contributed by atoms with E-state index >= 15 is 0 Å². The molecule has 6 nitrogen and oxygen atoms in total. The van der Waals surface area contributed by atoms with Crippen LogP contribution >= 0.6 is 11.8 Å². The summed E-state index contributed by atoms with van der Waals surface area (Å²) < 4.78 is 0. The first-order valence-corrected chi connectivity index (χ1v) is 8.36. The van der Waals surface area contributed by atoms with Crippen molar-refractivity contribution in [2.45, 2.75) is 25.4 Å². The number of hydrogen-bond acceptors (Lipinski definition) is 6. The van der Waals surface area contributed by atoms with Crippen molar-refractivity contribution in [3.05, 3.63) is 6.07 Å². The Labute approximate surface area is 131 Å². The Bertz CT molecular complexity index is 467. The highest BCUT2D eigenvalue weighted by Gasteiger charge is 2.14. The quantitative estimate of drug-likeness (QED) is 0.585. The van der Waals surface area contributed by atoms with Crippen LogP contribution in [0.4, 0.5) is 11.6 Å². The van der Waals surface area contributed by atoms with Gasteiger partial charge in [0, 0.05) is 33.3 Å². The fourth-order valence-electron chi connectivity index (χ4n) is 1.67. The number of nitrogens with zero attached hydrogens (tertiary/aromatic N) is 4. The summed E-state index contributed by atoms with van der Waals surface area (Å²) in [5, 5.41) is 3.99. The number of aromatic nitrogens is 2. The van der Waals surface area contributed by atoms with Gasteiger partial charge < -0.3 is 15.1 Å². The molecule has 0 bridgehead atoms. The van der Waals surface area contributed by atoms with Crippen LogP contribution in [0, 0.1) is 0 Å². The molecule has 0 unspecified atom stereocenters. The summed E-state index contributed by atoms with van der Waals surface area (Å²) >= 11 is 1.50. The Kier molecular flexibility index (Phi) is 7.28. The molecule has 21 heavy (non-hydrogen) atoms. The number of amides is 1. The van der Waals surface area contributed by atoms with Crippen LogP contribution in [0.1, 0.15) is 20.3 Å². The maximum atomic E-state index is 11.9. The van der Waals surface area contributed by atoms with Crippen LogP contribution in [0.5, 0.6) is 0 Å². The van der Waals surface area contributed by atoms with Crippen LogP contribution in [-0.2, 0) is 4.79 Å². The number of thioether (sulfide) groups is 1. The van der Waals surface area contributed by atoms with Crippen LogP contribution in [0.15, 0.2) is 11.2 Å². The van der Waals surface area contributed by atoms with Crippen LogP contribution < -0.4 is 10.2 Å². The van der Waals surface area contributed by atoms with Crippen molar-refractivity contribution >= 4 is 29.3 Å². The molecule has 118 valence electrons. The van der Waals surface area contributed by atoms with Gasteiger partial charge in [0.15, 0.2) is 5.16 Å². The summed E-state index contributed by atoms with van der Waals surface area (Å²) in [4.78, 5) is 24.4. The van der Waals surface area contributed by atoms with E-state index in [0.717, 1.165) is 31.1 Å². The summed E-state index contributed by atoms with van der Waals surface area (Å²) in [5.41, 5.74) is 0. The maximum Gasteiger partial charge on any atom is 0.241 e. The molecule has 0 radical (unpaired) electrons. The van der Waals surface area contributed by atoms with Gasteiger partial charge in [-0.3, -0.25) is 4.79 Å². The van der Waals surface area contributed by atoms with Gasteiger partial charge in [-0.2, -0.15) is 0 Å². The Morgan fingerprint density at radius 1 is 1.33 bits per heavy atom. The van der Waals surface area contributed by atoms with Crippen LogP contribution in [0.2, 0.25) is 0 Å². The second-order valence-electron chi connectivity index (χ2n) is 4.83. The normalized spacial score (nSPS) is 10.3. The zero-order valence-corrected chi connectivity index (χ0v) is 14.3. The summed E-state index contributed by atoms with van der Waals surface area (Å²) in [5.74, 6) is 1.65. The minimum Gasteiger partial charge on any atom is -0.370 e. The van der Waals surface area contributed by atoms with E-state index < -0.39 is 0 Å². The fourth-order valence-corrected chi connectivity index (χ4v) is 2.04. The van der Waals surface area contributed by atoms with Crippen molar-refractivity contribution < 1.29 is 4.79 Å². The summed E-state index contributed by atoms with van der Waals surface area (Å²) in [6, 6.07) is 1.90. The largest absolute Gasteiger partial charge is 0.370 e. The van der Waals surface area contributed by atoms with Crippen molar-refractivity contribution in [2.24, 2.45) is 0 Å². The Morgan fingerprint density at radius 2 is 2.05 bits per heavy atom. The molecule has 1 amide bonds. The van der Waals surface area contributed by atoms with Gasteiger partial charge in [0.2, 0.25) is 5.91 Å². The van der Waals surface area contributed by atoms with Gasteiger partial charge >= 0.3 is 0 Å². The van der Waals surface area contributed by atoms with Gasteiger partial charge in [0.1, 0.15) is 11.6 Å². The first-order valence-electron chi connectivity index (χ1n) is 7.13. The van der Waals surface area contributed by atoms with Crippen LogP contribution in [0.25, 0.3) is 0 Å². The third-order valence-corrected chi connectivity index (χ3v) is 3.51. The molecule has 0 aromatic carbocycles. The summed E-state index contributed by atoms with van der Waals surface area (Å²) in [7, 11) is 3.52. The molecule has 1 N–H and O–H groups in total. The fraction of sp³-hybridized carbons (Fsp3) is 0.643. The molecule has 0 spiro atoms. The van der Waals surface area contributed by atoms with Crippen molar-refractivity contribution in [2.75, 3.05) is 50.2 Å². The average Bonchev–Trinajstić information content (AvgIpc) is 2.49. The summed E-state index contributed by atoms with van der Waals surface area (Å²) in [6.07, 6.45) is 2.98. The van der Waals surface area contributed by atoms with Crippen LogP contribution in [0.3, 0.4) is 0 Å². The van der Waals surface area contributed by atoms with Gasteiger partial charge in [-0.05, 0) is 19.6 Å². The highest BCUT2D eigenvalue weighted by molar-refractivity contribution is 7.98. The number of anilines is 2. The lowest BCUT2D eigenvalue weighted by atomic mass is 10.4.